The number of hydrogen-bond donors (Lipinski definition) is 3. The van der Waals surface area contributed by atoms with Gasteiger partial charge in [-0.05, 0) is 147 Å². The molecule has 3 atom stereocenters. The molecule has 3 N–H and O–H groups in total. The largest absolute Gasteiger partial charge is 0.477 e. The molecule has 2 aliphatic rings. The van der Waals surface area contributed by atoms with Gasteiger partial charge in [0.15, 0.2) is 0 Å². The molecule has 0 fully saturated rings. The number of halogens is 2. The lowest BCUT2D eigenvalue weighted by molar-refractivity contribution is -0.0157. The van der Waals surface area contributed by atoms with Crippen molar-refractivity contribution in [3.05, 3.63) is 162 Å². The molecule has 0 radical (unpaired) electrons. The molecule has 5 aromatic rings. The van der Waals surface area contributed by atoms with E-state index in [0.29, 0.717) is 34.4 Å². The summed E-state index contributed by atoms with van der Waals surface area (Å²) in [6.45, 7) is 4.09. The molecule has 2 heterocycles. The molecule has 5 nitrogen and oxygen atoms in total. The van der Waals surface area contributed by atoms with Crippen LogP contribution >= 0.6 is 22.7 Å². The minimum Gasteiger partial charge on any atom is -0.477 e. The number of benzene rings is 3. The smallest absolute Gasteiger partial charge is 0.345 e. The van der Waals surface area contributed by atoms with E-state index < -0.39 is 24.0 Å². The van der Waals surface area contributed by atoms with Crippen molar-refractivity contribution in [3.63, 3.8) is 0 Å². The molecular formula is C53H60F2O5S2. The Bertz CT molecular complexity index is 2280. The maximum Gasteiger partial charge on any atom is 0.345 e. The zero-order chi connectivity index (χ0) is 44.1. The molecule has 0 saturated carbocycles. The van der Waals surface area contributed by atoms with E-state index in [9.17, 15) is 23.5 Å². The van der Waals surface area contributed by atoms with E-state index in [4.69, 9.17) is 10.2 Å². The quantitative estimate of drug-likeness (QED) is 0.0677. The van der Waals surface area contributed by atoms with Gasteiger partial charge in [0, 0.05) is 28.2 Å². The van der Waals surface area contributed by atoms with Crippen LogP contribution in [-0.4, -0.2) is 27.3 Å². The van der Waals surface area contributed by atoms with E-state index in [1.54, 1.807) is 24.3 Å². The summed E-state index contributed by atoms with van der Waals surface area (Å²) in [5.74, 6) is -3.47. The van der Waals surface area contributed by atoms with Crippen LogP contribution in [0.3, 0.4) is 0 Å². The van der Waals surface area contributed by atoms with Crippen LogP contribution in [0.2, 0.25) is 0 Å². The predicted molar refractivity (Wildman–Crippen MR) is 251 cm³/mol. The van der Waals surface area contributed by atoms with Crippen molar-refractivity contribution in [2.45, 2.75) is 122 Å². The van der Waals surface area contributed by atoms with Crippen LogP contribution in [0.1, 0.15) is 153 Å². The number of alkyl halides is 2. The van der Waals surface area contributed by atoms with Gasteiger partial charge in [0.25, 0.3) is 5.92 Å². The third kappa shape index (κ3) is 13.2. The first-order valence-electron chi connectivity index (χ1n) is 22.3. The lowest BCUT2D eigenvalue weighted by Gasteiger charge is -2.19. The van der Waals surface area contributed by atoms with Crippen LogP contribution in [0.4, 0.5) is 8.78 Å². The van der Waals surface area contributed by atoms with Gasteiger partial charge < -0.3 is 15.3 Å². The number of aliphatic hydroxyl groups is 1. The number of allylic oxidation sites excluding steroid dienone is 4. The van der Waals surface area contributed by atoms with E-state index in [2.05, 4.69) is 61.5 Å². The highest BCUT2D eigenvalue weighted by Crippen LogP contribution is 2.40. The van der Waals surface area contributed by atoms with Gasteiger partial charge in [-0.3, -0.25) is 0 Å². The van der Waals surface area contributed by atoms with Crippen LogP contribution in [0.25, 0.3) is 11.1 Å². The fraction of sp³-hybridized carbons (Fsp3) is 0.396. The Morgan fingerprint density at radius 3 is 1.73 bits per heavy atom. The number of aliphatic hydroxyl groups excluding tert-OH is 1. The Hall–Kier alpha value is -4.70. The standard InChI is InChI=1S/C28H30O3S.C25H30F2O2S/c1-19-5-2-6-20(17-19)18-26(29)23-13-11-22(12-14-23)25-10-4-8-21(25)7-3-9-24-15-16-27(32-24)28(30)31;1-2-3-4-17-25(26,27)20-13-11-19(12-14-20)22-10-6-8-18(22)7-5-9-21-15-16-23(30-21)24(28)29/h2,5-6,10-17,21,26,29H,3-4,7-9,18H2,1H3,(H,30,31);10-16,18H,2-9,17H2,1H3,(H,28,29)/t21-,26?;18-/m00/s1. The summed E-state index contributed by atoms with van der Waals surface area (Å²) in [5, 5.41) is 28.8. The minimum atomic E-state index is -2.76. The van der Waals surface area contributed by atoms with Gasteiger partial charge >= 0.3 is 11.9 Å². The van der Waals surface area contributed by atoms with Crippen LogP contribution in [0, 0.1) is 18.8 Å². The molecule has 0 amide bonds. The Balaban J connectivity index is 0.000000207. The number of aryl methyl sites for hydroxylation is 3. The second-order valence-electron chi connectivity index (χ2n) is 16.9. The molecule has 0 saturated heterocycles. The van der Waals surface area contributed by atoms with Crippen LogP contribution < -0.4 is 0 Å². The highest BCUT2D eigenvalue weighted by Gasteiger charge is 2.31. The van der Waals surface area contributed by atoms with E-state index in [1.165, 1.54) is 51.4 Å². The molecule has 62 heavy (non-hydrogen) atoms. The Morgan fingerprint density at radius 2 is 1.24 bits per heavy atom. The minimum absolute atomic E-state index is 0.0855. The highest BCUT2D eigenvalue weighted by molar-refractivity contribution is 7.14. The summed E-state index contributed by atoms with van der Waals surface area (Å²) in [6, 6.07) is 30.8. The molecule has 9 heteroatoms. The number of carboxylic acid groups (broad SMARTS) is 2. The highest BCUT2D eigenvalue weighted by atomic mass is 32.1. The first kappa shape index (κ1) is 46.8. The third-order valence-electron chi connectivity index (χ3n) is 12.2. The van der Waals surface area contributed by atoms with Gasteiger partial charge in [0.2, 0.25) is 0 Å². The summed E-state index contributed by atoms with van der Waals surface area (Å²) < 4.78 is 28.8. The Kier molecular flexibility index (Phi) is 17.1. The van der Waals surface area contributed by atoms with Gasteiger partial charge in [-0.15, -0.1) is 22.7 Å². The van der Waals surface area contributed by atoms with Crippen molar-refractivity contribution < 1.29 is 33.7 Å². The monoisotopic (exact) mass is 878 g/mol. The average molecular weight is 879 g/mol. The second-order valence-corrected chi connectivity index (χ2v) is 19.2. The summed E-state index contributed by atoms with van der Waals surface area (Å²) >= 11 is 2.73. The van der Waals surface area contributed by atoms with Gasteiger partial charge in [-0.1, -0.05) is 110 Å². The van der Waals surface area contributed by atoms with Gasteiger partial charge in [-0.2, -0.15) is 0 Å². The van der Waals surface area contributed by atoms with Gasteiger partial charge in [-0.25, -0.2) is 18.4 Å². The fourth-order valence-corrected chi connectivity index (χ4v) is 10.6. The Morgan fingerprint density at radius 1 is 0.710 bits per heavy atom. The lowest BCUT2D eigenvalue weighted by Crippen LogP contribution is -2.13. The van der Waals surface area contributed by atoms with E-state index >= 15 is 0 Å². The van der Waals surface area contributed by atoms with E-state index in [0.717, 1.165) is 97.1 Å². The molecule has 0 aliphatic heterocycles. The average Bonchev–Trinajstić information content (AvgIpc) is 4.10. The zero-order valence-corrected chi connectivity index (χ0v) is 37.6. The number of thiophene rings is 2. The SMILES string of the molecule is CCCCCC(F)(F)c1ccc(C2=CCC[C@@H]2CCCc2ccc(C(=O)O)s2)cc1.Cc1cccc(CC(O)c2ccc(C3=CCC[C@@H]3CCCc3ccc(C(=O)O)s3)cc2)c1. The van der Waals surface area contributed by atoms with Crippen LogP contribution in [-0.2, 0) is 25.2 Å². The van der Waals surface area contributed by atoms with Gasteiger partial charge in [0.05, 0.1) is 6.10 Å². The van der Waals surface area contributed by atoms with Crippen molar-refractivity contribution in [1.29, 1.82) is 0 Å². The summed E-state index contributed by atoms with van der Waals surface area (Å²) in [7, 11) is 0. The first-order chi connectivity index (χ1) is 29.9. The second kappa shape index (κ2) is 22.6. The maximum atomic E-state index is 14.4. The predicted octanol–water partition coefficient (Wildman–Crippen LogP) is 14.8. The molecule has 7 rings (SSSR count). The number of carbonyl (C=O) groups is 2. The van der Waals surface area contributed by atoms with E-state index in [-0.39, 0.29) is 12.0 Å². The molecule has 1 unspecified atom stereocenters. The number of rotatable bonds is 20. The normalized spacial score (nSPS) is 16.7. The number of hydrogen-bond acceptors (Lipinski definition) is 5. The molecule has 0 spiro atoms. The molecular weight excluding hydrogens is 819 g/mol. The first-order valence-corrected chi connectivity index (χ1v) is 23.9. The van der Waals surface area contributed by atoms with Crippen molar-refractivity contribution >= 4 is 45.8 Å². The topological polar surface area (TPSA) is 94.8 Å². The summed E-state index contributed by atoms with van der Waals surface area (Å²) in [4.78, 5) is 25.1. The Labute approximate surface area is 373 Å². The zero-order valence-electron chi connectivity index (χ0n) is 36.0. The third-order valence-corrected chi connectivity index (χ3v) is 14.5. The number of carboxylic acids is 2. The fourth-order valence-electron chi connectivity index (χ4n) is 8.86. The molecule has 0 bridgehead atoms. The van der Waals surface area contributed by atoms with Crippen LogP contribution in [0.15, 0.2) is 109 Å². The van der Waals surface area contributed by atoms with Crippen molar-refractivity contribution in [3.8, 4) is 0 Å². The van der Waals surface area contributed by atoms with Crippen molar-refractivity contribution in [2.75, 3.05) is 0 Å². The molecule has 3 aromatic carbocycles. The molecule has 2 aliphatic carbocycles. The molecule has 328 valence electrons. The van der Waals surface area contributed by atoms with Crippen LogP contribution in [0.5, 0.6) is 0 Å². The summed E-state index contributed by atoms with van der Waals surface area (Å²) in [5.41, 5.74) is 8.43. The number of aromatic carboxylic acids is 2. The van der Waals surface area contributed by atoms with Gasteiger partial charge in [0.1, 0.15) is 9.75 Å². The van der Waals surface area contributed by atoms with Crippen molar-refractivity contribution in [2.24, 2.45) is 11.8 Å². The lowest BCUT2D eigenvalue weighted by atomic mass is 9.89. The van der Waals surface area contributed by atoms with Crippen molar-refractivity contribution in [1.82, 2.24) is 0 Å². The summed E-state index contributed by atoms with van der Waals surface area (Å²) in [6.07, 6.45) is 17.4. The molecule has 2 aromatic heterocycles. The van der Waals surface area contributed by atoms with E-state index in [1.807, 2.05) is 37.3 Å². The maximum absolute atomic E-state index is 14.4. The number of unbranched alkanes of at least 4 members (excludes halogenated alkanes) is 2.